The lowest BCUT2D eigenvalue weighted by molar-refractivity contribution is -0.131. The molecule has 0 N–H and O–H groups in total. The number of ketones is 1. The van der Waals surface area contributed by atoms with Gasteiger partial charge in [0.1, 0.15) is 0 Å². The monoisotopic (exact) mass is 290 g/mol. The highest BCUT2D eigenvalue weighted by Gasteiger charge is 2.22. The van der Waals surface area contributed by atoms with Gasteiger partial charge in [0.15, 0.2) is 5.78 Å². The van der Waals surface area contributed by atoms with Crippen molar-refractivity contribution >= 4 is 11.7 Å². The summed E-state index contributed by atoms with van der Waals surface area (Å²) in [6.07, 6.45) is 0. The molecule has 0 saturated carbocycles. The molecule has 0 aliphatic heterocycles. The SMILES string of the molecule is CCN(CC)C(=O)CN(C)C(C)C(=O)c1ccc(C)cc1. The molecule has 21 heavy (non-hydrogen) atoms. The third kappa shape index (κ3) is 4.67. The van der Waals surface area contributed by atoms with Crippen molar-refractivity contribution in [2.45, 2.75) is 33.7 Å². The van der Waals surface area contributed by atoms with E-state index in [4.69, 9.17) is 0 Å². The van der Waals surface area contributed by atoms with Crippen LogP contribution in [0.5, 0.6) is 0 Å². The number of benzene rings is 1. The number of hydrogen-bond donors (Lipinski definition) is 0. The van der Waals surface area contributed by atoms with Crippen molar-refractivity contribution in [3.63, 3.8) is 0 Å². The first-order valence-corrected chi connectivity index (χ1v) is 7.49. The van der Waals surface area contributed by atoms with Crippen molar-refractivity contribution < 1.29 is 9.59 Å². The maximum atomic E-state index is 12.4. The van der Waals surface area contributed by atoms with Crippen LogP contribution < -0.4 is 0 Å². The number of amides is 1. The first-order chi connectivity index (χ1) is 9.90. The first-order valence-electron chi connectivity index (χ1n) is 7.49. The van der Waals surface area contributed by atoms with Crippen LogP contribution in [0.1, 0.15) is 36.7 Å². The molecule has 0 saturated heterocycles. The van der Waals surface area contributed by atoms with Gasteiger partial charge in [-0.1, -0.05) is 29.8 Å². The van der Waals surface area contributed by atoms with Crippen LogP contribution in [0.4, 0.5) is 0 Å². The Morgan fingerprint density at radius 1 is 1.10 bits per heavy atom. The molecule has 0 aromatic heterocycles. The van der Waals surface area contributed by atoms with E-state index in [1.165, 1.54) is 0 Å². The smallest absolute Gasteiger partial charge is 0.236 e. The third-order valence-corrected chi connectivity index (χ3v) is 3.88. The number of aryl methyl sites for hydroxylation is 1. The zero-order chi connectivity index (χ0) is 16.0. The Kier molecular flexibility index (Phi) is 6.56. The lowest BCUT2D eigenvalue weighted by Crippen LogP contribution is -2.44. The number of hydrogen-bond acceptors (Lipinski definition) is 3. The Balaban J connectivity index is 2.69. The highest BCUT2D eigenvalue weighted by molar-refractivity contribution is 6.00. The van der Waals surface area contributed by atoms with Crippen LogP contribution in [0.15, 0.2) is 24.3 Å². The molecule has 0 radical (unpaired) electrons. The van der Waals surface area contributed by atoms with Gasteiger partial charge in [-0.25, -0.2) is 0 Å². The second kappa shape index (κ2) is 7.93. The van der Waals surface area contributed by atoms with Gasteiger partial charge in [0.2, 0.25) is 5.91 Å². The number of likely N-dealkylation sites (N-methyl/N-ethyl adjacent to an activating group) is 2. The molecule has 0 aliphatic rings. The summed E-state index contributed by atoms with van der Waals surface area (Å²) in [6.45, 7) is 9.42. The Labute approximate surface area is 127 Å². The van der Waals surface area contributed by atoms with E-state index in [2.05, 4.69) is 0 Å². The van der Waals surface area contributed by atoms with Gasteiger partial charge in [-0.2, -0.15) is 0 Å². The van der Waals surface area contributed by atoms with Crippen LogP contribution in [0.25, 0.3) is 0 Å². The van der Waals surface area contributed by atoms with Crippen LogP contribution in [0.3, 0.4) is 0 Å². The van der Waals surface area contributed by atoms with Gasteiger partial charge in [0.25, 0.3) is 0 Å². The predicted octanol–water partition coefficient (Wildman–Crippen LogP) is 2.37. The van der Waals surface area contributed by atoms with E-state index in [9.17, 15) is 9.59 Å². The highest BCUT2D eigenvalue weighted by atomic mass is 16.2. The van der Waals surface area contributed by atoms with Gasteiger partial charge < -0.3 is 4.90 Å². The molecule has 1 aromatic carbocycles. The van der Waals surface area contributed by atoms with Crippen molar-refractivity contribution in [2.75, 3.05) is 26.7 Å². The molecule has 1 aromatic rings. The minimum atomic E-state index is -0.313. The van der Waals surface area contributed by atoms with Crippen LogP contribution >= 0.6 is 0 Å². The maximum Gasteiger partial charge on any atom is 0.236 e. The van der Waals surface area contributed by atoms with Crippen molar-refractivity contribution in [1.29, 1.82) is 0 Å². The largest absolute Gasteiger partial charge is 0.342 e. The van der Waals surface area contributed by atoms with Gasteiger partial charge in [-0.3, -0.25) is 14.5 Å². The minimum absolute atomic E-state index is 0.0462. The second-order valence-corrected chi connectivity index (χ2v) is 5.39. The Morgan fingerprint density at radius 2 is 1.62 bits per heavy atom. The molecule has 1 atom stereocenters. The van der Waals surface area contributed by atoms with E-state index in [1.54, 1.807) is 4.90 Å². The standard InChI is InChI=1S/C17H26N2O2/c1-6-19(7-2)16(20)12-18(5)14(4)17(21)15-10-8-13(3)9-11-15/h8-11,14H,6-7,12H2,1-5H3. The molecule has 0 aliphatic carbocycles. The number of Topliss-reactive ketones (excluding diaryl/α,β-unsaturated/α-hetero) is 1. The number of carbonyl (C=O) groups excluding carboxylic acids is 2. The first kappa shape index (κ1) is 17.4. The van der Waals surface area contributed by atoms with Crippen LogP contribution in [0, 0.1) is 6.92 Å². The molecular weight excluding hydrogens is 264 g/mol. The van der Waals surface area contributed by atoms with Crippen LogP contribution in [-0.4, -0.2) is 54.2 Å². The zero-order valence-electron chi connectivity index (χ0n) is 13.7. The maximum absolute atomic E-state index is 12.4. The van der Waals surface area contributed by atoms with Crippen LogP contribution in [-0.2, 0) is 4.79 Å². The van der Waals surface area contributed by atoms with E-state index >= 15 is 0 Å². The molecule has 4 heteroatoms. The van der Waals surface area contributed by atoms with E-state index in [0.717, 1.165) is 5.56 Å². The van der Waals surface area contributed by atoms with Crippen molar-refractivity contribution in [1.82, 2.24) is 9.80 Å². The molecule has 1 rings (SSSR count). The number of rotatable bonds is 7. The predicted molar refractivity (Wildman–Crippen MR) is 85.5 cm³/mol. The summed E-state index contributed by atoms with van der Waals surface area (Å²) >= 11 is 0. The van der Waals surface area contributed by atoms with Crippen molar-refractivity contribution in [3.05, 3.63) is 35.4 Å². The molecule has 116 valence electrons. The lowest BCUT2D eigenvalue weighted by atomic mass is 10.0. The summed E-state index contributed by atoms with van der Waals surface area (Å²) in [4.78, 5) is 28.1. The highest BCUT2D eigenvalue weighted by Crippen LogP contribution is 2.10. The average molecular weight is 290 g/mol. The summed E-state index contributed by atoms with van der Waals surface area (Å²) in [6, 6.07) is 7.23. The van der Waals surface area contributed by atoms with Crippen LogP contribution in [0.2, 0.25) is 0 Å². The summed E-state index contributed by atoms with van der Waals surface area (Å²) in [5.41, 5.74) is 1.82. The molecule has 1 amide bonds. The third-order valence-electron chi connectivity index (χ3n) is 3.88. The van der Waals surface area contributed by atoms with Gasteiger partial charge in [0, 0.05) is 18.7 Å². The Morgan fingerprint density at radius 3 is 2.10 bits per heavy atom. The molecule has 4 nitrogen and oxygen atoms in total. The zero-order valence-corrected chi connectivity index (χ0v) is 13.7. The summed E-state index contributed by atoms with van der Waals surface area (Å²) < 4.78 is 0. The molecule has 1 unspecified atom stereocenters. The van der Waals surface area contributed by atoms with Crippen molar-refractivity contribution in [2.24, 2.45) is 0 Å². The average Bonchev–Trinajstić information content (AvgIpc) is 2.47. The summed E-state index contributed by atoms with van der Waals surface area (Å²) in [5.74, 6) is 0.107. The lowest BCUT2D eigenvalue weighted by Gasteiger charge is -2.26. The van der Waals surface area contributed by atoms with Gasteiger partial charge in [0.05, 0.1) is 12.6 Å². The van der Waals surface area contributed by atoms with Gasteiger partial charge >= 0.3 is 0 Å². The quantitative estimate of drug-likeness (QED) is 0.724. The molecule has 0 heterocycles. The fraction of sp³-hybridized carbons (Fsp3) is 0.529. The fourth-order valence-electron chi connectivity index (χ4n) is 2.19. The molecule has 0 fully saturated rings. The van der Waals surface area contributed by atoms with Gasteiger partial charge in [-0.15, -0.1) is 0 Å². The minimum Gasteiger partial charge on any atom is -0.342 e. The normalized spacial score (nSPS) is 12.3. The Hall–Kier alpha value is -1.68. The van der Waals surface area contributed by atoms with E-state index < -0.39 is 0 Å². The van der Waals surface area contributed by atoms with Gasteiger partial charge in [-0.05, 0) is 34.7 Å². The summed E-state index contributed by atoms with van der Waals surface area (Å²) in [5, 5.41) is 0. The van der Waals surface area contributed by atoms with Crippen molar-refractivity contribution in [3.8, 4) is 0 Å². The summed E-state index contributed by atoms with van der Waals surface area (Å²) in [7, 11) is 1.82. The molecular formula is C17H26N2O2. The second-order valence-electron chi connectivity index (χ2n) is 5.39. The number of nitrogens with zero attached hydrogens (tertiary/aromatic N) is 2. The molecule has 0 bridgehead atoms. The topological polar surface area (TPSA) is 40.6 Å². The molecule has 0 spiro atoms. The number of carbonyl (C=O) groups is 2. The fourth-order valence-corrected chi connectivity index (χ4v) is 2.19. The van der Waals surface area contributed by atoms with E-state index in [0.29, 0.717) is 18.7 Å². The van der Waals surface area contributed by atoms with E-state index in [1.807, 2.05) is 63.9 Å². The van der Waals surface area contributed by atoms with E-state index in [-0.39, 0.29) is 24.3 Å². The Bertz CT molecular complexity index is 478.